The molecule has 3 heteroatoms. The van der Waals surface area contributed by atoms with Gasteiger partial charge < -0.3 is 9.47 Å². The molecule has 2 aromatic carbocycles. The molecule has 0 fully saturated rings. The molecule has 0 heterocycles. The SMILES string of the molecule is COc1ccc(CC(Cl)CCc2ccccc2)cc1OC. The Morgan fingerprint density at radius 2 is 1.62 bits per heavy atom. The number of ether oxygens (including phenoxy) is 2. The van der Waals surface area contributed by atoms with Gasteiger partial charge in [-0.3, -0.25) is 0 Å². The summed E-state index contributed by atoms with van der Waals surface area (Å²) in [5.74, 6) is 1.50. The maximum atomic E-state index is 6.46. The van der Waals surface area contributed by atoms with Crippen LogP contribution >= 0.6 is 11.6 Å². The van der Waals surface area contributed by atoms with Gasteiger partial charge in [0, 0.05) is 5.38 Å². The highest BCUT2D eigenvalue weighted by molar-refractivity contribution is 6.20. The summed E-state index contributed by atoms with van der Waals surface area (Å²) in [4.78, 5) is 0. The normalized spacial score (nSPS) is 12.0. The Bertz CT molecular complexity index is 554. The zero-order chi connectivity index (χ0) is 15.1. The molecular weight excluding hydrogens is 284 g/mol. The van der Waals surface area contributed by atoms with Crippen molar-refractivity contribution in [2.45, 2.75) is 24.6 Å². The molecular formula is C18H21ClO2. The quantitative estimate of drug-likeness (QED) is 0.702. The minimum absolute atomic E-state index is 0.114. The minimum Gasteiger partial charge on any atom is -0.493 e. The van der Waals surface area contributed by atoms with Gasteiger partial charge in [-0.05, 0) is 42.5 Å². The van der Waals surface area contributed by atoms with Crippen LogP contribution in [0.5, 0.6) is 11.5 Å². The number of hydrogen-bond acceptors (Lipinski definition) is 2. The minimum atomic E-state index is 0.114. The summed E-state index contributed by atoms with van der Waals surface area (Å²) >= 11 is 6.46. The fourth-order valence-electron chi connectivity index (χ4n) is 2.33. The molecule has 0 N–H and O–H groups in total. The first-order valence-electron chi connectivity index (χ1n) is 7.12. The first-order chi connectivity index (χ1) is 10.2. The smallest absolute Gasteiger partial charge is 0.160 e. The van der Waals surface area contributed by atoms with Crippen LogP contribution in [0.25, 0.3) is 0 Å². The molecule has 0 saturated carbocycles. The number of benzene rings is 2. The summed E-state index contributed by atoms with van der Waals surface area (Å²) in [7, 11) is 3.29. The van der Waals surface area contributed by atoms with E-state index in [4.69, 9.17) is 21.1 Å². The van der Waals surface area contributed by atoms with Gasteiger partial charge in [0.25, 0.3) is 0 Å². The Morgan fingerprint density at radius 1 is 0.905 bits per heavy atom. The topological polar surface area (TPSA) is 18.5 Å². The Morgan fingerprint density at radius 3 is 2.29 bits per heavy atom. The van der Waals surface area contributed by atoms with E-state index in [0.29, 0.717) is 0 Å². The van der Waals surface area contributed by atoms with Gasteiger partial charge in [0.2, 0.25) is 0 Å². The van der Waals surface area contributed by atoms with Crippen molar-refractivity contribution in [3.05, 3.63) is 59.7 Å². The summed E-state index contributed by atoms with van der Waals surface area (Å²) < 4.78 is 10.6. The predicted octanol–water partition coefficient (Wildman–Crippen LogP) is 4.49. The van der Waals surface area contributed by atoms with Crippen LogP contribution in [0.15, 0.2) is 48.5 Å². The van der Waals surface area contributed by atoms with Crippen molar-refractivity contribution in [3.63, 3.8) is 0 Å². The van der Waals surface area contributed by atoms with Gasteiger partial charge >= 0.3 is 0 Å². The fourth-order valence-corrected chi connectivity index (χ4v) is 2.62. The van der Waals surface area contributed by atoms with Crippen molar-refractivity contribution in [1.29, 1.82) is 0 Å². The van der Waals surface area contributed by atoms with Crippen LogP contribution < -0.4 is 9.47 Å². The van der Waals surface area contributed by atoms with Crippen LogP contribution in [-0.2, 0) is 12.8 Å². The van der Waals surface area contributed by atoms with Crippen molar-refractivity contribution in [3.8, 4) is 11.5 Å². The standard InChI is InChI=1S/C18H21ClO2/c1-20-17-11-9-15(13-18(17)21-2)12-16(19)10-8-14-6-4-3-5-7-14/h3-7,9,11,13,16H,8,10,12H2,1-2H3. The number of methoxy groups -OCH3 is 2. The van der Waals surface area contributed by atoms with Gasteiger partial charge in [-0.25, -0.2) is 0 Å². The maximum Gasteiger partial charge on any atom is 0.160 e. The fraction of sp³-hybridized carbons (Fsp3) is 0.333. The van der Waals surface area contributed by atoms with E-state index in [-0.39, 0.29) is 5.38 Å². The molecule has 2 nitrogen and oxygen atoms in total. The molecule has 0 amide bonds. The monoisotopic (exact) mass is 304 g/mol. The Labute approximate surface area is 131 Å². The molecule has 0 aliphatic rings. The number of rotatable bonds is 7. The lowest BCUT2D eigenvalue weighted by Gasteiger charge is -2.12. The highest BCUT2D eigenvalue weighted by atomic mass is 35.5. The van der Waals surface area contributed by atoms with Crippen LogP contribution in [0, 0.1) is 0 Å². The largest absolute Gasteiger partial charge is 0.493 e. The van der Waals surface area contributed by atoms with Gasteiger partial charge in [0.1, 0.15) is 0 Å². The first-order valence-corrected chi connectivity index (χ1v) is 7.55. The van der Waals surface area contributed by atoms with Crippen LogP contribution in [0.2, 0.25) is 0 Å². The zero-order valence-electron chi connectivity index (χ0n) is 12.5. The van der Waals surface area contributed by atoms with Gasteiger partial charge in [0.15, 0.2) is 11.5 Å². The summed E-state index contributed by atoms with van der Waals surface area (Å²) in [5, 5.41) is 0.114. The summed E-state index contributed by atoms with van der Waals surface area (Å²) in [5.41, 5.74) is 2.50. The van der Waals surface area contributed by atoms with Gasteiger partial charge in [-0.15, -0.1) is 11.6 Å². The third-order valence-electron chi connectivity index (χ3n) is 3.49. The summed E-state index contributed by atoms with van der Waals surface area (Å²) in [6.45, 7) is 0. The molecule has 0 aromatic heterocycles. The second kappa shape index (κ2) is 7.94. The lowest BCUT2D eigenvalue weighted by Crippen LogP contribution is -2.05. The van der Waals surface area contributed by atoms with Crippen molar-refractivity contribution in [2.24, 2.45) is 0 Å². The molecule has 0 spiro atoms. The highest BCUT2D eigenvalue weighted by Crippen LogP contribution is 2.28. The third kappa shape index (κ3) is 4.68. The lowest BCUT2D eigenvalue weighted by molar-refractivity contribution is 0.354. The molecule has 0 aliphatic heterocycles. The second-order valence-corrected chi connectivity index (χ2v) is 5.63. The molecule has 112 valence electrons. The van der Waals surface area contributed by atoms with Crippen LogP contribution in [0.4, 0.5) is 0 Å². The maximum absolute atomic E-state index is 6.46. The zero-order valence-corrected chi connectivity index (χ0v) is 13.3. The molecule has 2 aromatic rings. The molecule has 21 heavy (non-hydrogen) atoms. The molecule has 0 radical (unpaired) electrons. The molecule has 1 atom stereocenters. The predicted molar refractivity (Wildman–Crippen MR) is 87.7 cm³/mol. The van der Waals surface area contributed by atoms with Crippen molar-refractivity contribution < 1.29 is 9.47 Å². The lowest BCUT2D eigenvalue weighted by atomic mass is 10.0. The average molecular weight is 305 g/mol. The van der Waals surface area contributed by atoms with E-state index in [1.54, 1.807) is 14.2 Å². The first kappa shape index (κ1) is 15.7. The summed E-state index contributed by atoms with van der Waals surface area (Å²) in [6, 6.07) is 16.4. The van der Waals surface area contributed by atoms with Crippen LogP contribution in [0.3, 0.4) is 0 Å². The average Bonchev–Trinajstić information content (AvgIpc) is 2.53. The van der Waals surface area contributed by atoms with E-state index in [1.807, 2.05) is 24.3 Å². The van der Waals surface area contributed by atoms with E-state index < -0.39 is 0 Å². The Kier molecular flexibility index (Phi) is 5.94. The molecule has 0 aliphatic carbocycles. The van der Waals surface area contributed by atoms with E-state index in [2.05, 4.69) is 24.3 Å². The number of hydrogen-bond donors (Lipinski definition) is 0. The Hall–Kier alpha value is -1.67. The third-order valence-corrected chi connectivity index (χ3v) is 3.87. The highest BCUT2D eigenvalue weighted by Gasteiger charge is 2.10. The second-order valence-electron chi connectivity index (χ2n) is 5.02. The molecule has 0 bridgehead atoms. The van der Waals surface area contributed by atoms with E-state index in [9.17, 15) is 0 Å². The van der Waals surface area contributed by atoms with Crippen LogP contribution in [-0.4, -0.2) is 19.6 Å². The number of alkyl halides is 1. The van der Waals surface area contributed by atoms with Crippen molar-refractivity contribution in [2.75, 3.05) is 14.2 Å². The molecule has 1 unspecified atom stereocenters. The van der Waals surface area contributed by atoms with Gasteiger partial charge in [-0.2, -0.15) is 0 Å². The molecule has 2 rings (SSSR count). The van der Waals surface area contributed by atoms with E-state index >= 15 is 0 Å². The van der Waals surface area contributed by atoms with Gasteiger partial charge in [0.05, 0.1) is 14.2 Å². The van der Waals surface area contributed by atoms with E-state index in [1.165, 1.54) is 11.1 Å². The van der Waals surface area contributed by atoms with Crippen LogP contribution in [0.1, 0.15) is 17.5 Å². The number of halogens is 1. The van der Waals surface area contributed by atoms with E-state index in [0.717, 1.165) is 30.8 Å². The Balaban J connectivity index is 1.91. The molecule has 0 saturated heterocycles. The van der Waals surface area contributed by atoms with Crippen molar-refractivity contribution >= 4 is 11.6 Å². The van der Waals surface area contributed by atoms with Gasteiger partial charge in [-0.1, -0.05) is 36.4 Å². The van der Waals surface area contributed by atoms with Crippen molar-refractivity contribution in [1.82, 2.24) is 0 Å². The number of aryl methyl sites for hydroxylation is 1. The summed E-state index contributed by atoms with van der Waals surface area (Å²) in [6.07, 6.45) is 2.79.